The minimum absolute atomic E-state index is 0.0474. The molecule has 0 heterocycles. The van der Waals surface area contributed by atoms with Crippen molar-refractivity contribution < 1.29 is 19.4 Å². The number of carboxylic acids is 1. The number of carboxylic acid groups (broad SMARTS) is 1. The second-order valence-electron chi connectivity index (χ2n) is 3.88. The highest BCUT2D eigenvalue weighted by Gasteiger charge is 2.20. The van der Waals surface area contributed by atoms with Crippen LogP contribution >= 0.6 is 0 Å². The predicted octanol–water partition coefficient (Wildman–Crippen LogP) is 2.60. The van der Waals surface area contributed by atoms with Crippen LogP contribution in [0.3, 0.4) is 0 Å². The molecule has 2 aromatic rings. The fourth-order valence-electron chi connectivity index (χ4n) is 1.51. The molecule has 0 spiro atoms. The number of para-hydroxylation sites is 2. The highest BCUT2D eigenvalue weighted by Crippen LogP contribution is 2.13. The third-order valence-electron chi connectivity index (χ3n) is 2.44. The third kappa shape index (κ3) is 4.03. The minimum atomic E-state index is -1.06. The molecule has 4 nitrogen and oxygen atoms in total. The van der Waals surface area contributed by atoms with Gasteiger partial charge >= 0.3 is 5.97 Å². The van der Waals surface area contributed by atoms with Crippen LogP contribution in [0.2, 0.25) is 0 Å². The first-order valence-corrected chi connectivity index (χ1v) is 5.88. The van der Waals surface area contributed by atoms with Crippen LogP contribution in [0.15, 0.2) is 60.7 Å². The van der Waals surface area contributed by atoms with E-state index in [0.717, 1.165) is 0 Å². The van der Waals surface area contributed by atoms with E-state index in [-0.39, 0.29) is 6.61 Å². The molecule has 0 fully saturated rings. The summed E-state index contributed by atoms with van der Waals surface area (Å²) in [7, 11) is 0. The molecule has 0 saturated heterocycles. The van der Waals surface area contributed by atoms with Gasteiger partial charge in [-0.05, 0) is 24.3 Å². The lowest BCUT2D eigenvalue weighted by Gasteiger charge is -2.15. The molecule has 1 N–H and O–H groups in total. The fraction of sp³-hybridized carbons (Fsp3) is 0.133. The average Bonchev–Trinajstić information content (AvgIpc) is 2.45. The van der Waals surface area contributed by atoms with Gasteiger partial charge < -0.3 is 14.6 Å². The number of hydrogen-bond donors (Lipinski definition) is 1. The smallest absolute Gasteiger partial charge is 0.348 e. The summed E-state index contributed by atoms with van der Waals surface area (Å²) in [4.78, 5) is 11.1. The van der Waals surface area contributed by atoms with Gasteiger partial charge in [0.2, 0.25) is 6.10 Å². The lowest BCUT2D eigenvalue weighted by molar-refractivity contribution is -0.146. The number of carbonyl (C=O) groups is 1. The summed E-state index contributed by atoms with van der Waals surface area (Å²) in [6, 6.07) is 17.9. The lowest BCUT2D eigenvalue weighted by Crippen LogP contribution is -2.33. The SMILES string of the molecule is O=C(O)C(COc1ccccc1)Oc1ccccc1. The maximum Gasteiger partial charge on any atom is 0.348 e. The highest BCUT2D eigenvalue weighted by molar-refractivity contribution is 5.73. The summed E-state index contributed by atoms with van der Waals surface area (Å²) in [5.74, 6) is 0.0664. The Balaban J connectivity index is 1.95. The quantitative estimate of drug-likeness (QED) is 0.865. The molecule has 4 heteroatoms. The Kier molecular flexibility index (Phi) is 4.39. The van der Waals surface area contributed by atoms with Gasteiger partial charge in [0.1, 0.15) is 18.1 Å². The molecule has 0 aromatic heterocycles. The van der Waals surface area contributed by atoms with Crippen molar-refractivity contribution in [2.24, 2.45) is 0 Å². The Morgan fingerprint density at radius 3 is 2.00 bits per heavy atom. The van der Waals surface area contributed by atoms with Crippen LogP contribution in [0.25, 0.3) is 0 Å². The Labute approximate surface area is 111 Å². The number of rotatable bonds is 6. The molecule has 98 valence electrons. The van der Waals surface area contributed by atoms with Crippen LogP contribution in [-0.4, -0.2) is 23.8 Å². The van der Waals surface area contributed by atoms with Gasteiger partial charge in [-0.1, -0.05) is 36.4 Å². The van der Waals surface area contributed by atoms with E-state index in [1.54, 1.807) is 36.4 Å². The molecule has 0 aliphatic heterocycles. The first-order valence-electron chi connectivity index (χ1n) is 5.88. The van der Waals surface area contributed by atoms with Crippen molar-refractivity contribution in [1.82, 2.24) is 0 Å². The van der Waals surface area contributed by atoms with E-state index in [4.69, 9.17) is 14.6 Å². The third-order valence-corrected chi connectivity index (χ3v) is 2.44. The van der Waals surface area contributed by atoms with Crippen LogP contribution in [0, 0.1) is 0 Å². The van der Waals surface area contributed by atoms with E-state index in [1.807, 2.05) is 24.3 Å². The van der Waals surface area contributed by atoms with Crippen LogP contribution in [0.5, 0.6) is 11.5 Å². The molecule has 0 aliphatic carbocycles. The van der Waals surface area contributed by atoms with E-state index in [0.29, 0.717) is 11.5 Å². The van der Waals surface area contributed by atoms with Gasteiger partial charge in [0.15, 0.2) is 0 Å². The van der Waals surface area contributed by atoms with E-state index in [9.17, 15) is 4.79 Å². The Hall–Kier alpha value is -2.49. The molecule has 2 rings (SSSR count). The topological polar surface area (TPSA) is 55.8 Å². The molecule has 0 aliphatic rings. The average molecular weight is 258 g/mol. The standard InChI is InChI=1S/C15H14O4/c16-15(17)14(19-13-9-5-2-6-10-13)11-18-12-7-3-1-4-8-12/h1-10,14H,11H2,(H,16,17). The van der Waals surface area contributed by atoms with Crippen LogP contribution in [-0.2, 0) is 4.79 Å². The molecule has 0 bridgehead atoms. The maximum atomic E-state index is 11.1. The molecular formula is C15H14O4. The second-order valence-corrected chi connectivity index (χ2v) is 3.88. The first kappa shape index (κ1) is 13.0. The molecule has 19 heavy (non-hydrogen) atoms. The molecule has 0 radical (unpaired) electrons. The highest BCUT2D eigenvalue weighted by atomic mass is 16.6. The zero-order chi connectivity index (χ0) is 13.5. The monoisotopic (exact) mass is 258 g/mol. The minimum Gasteiger partial charge on any atom is -0.489 e. The molecule has 2 aromatic carbocycles. The summed E-state index contributed by atoms with van der Waals surface area (Å²) >= 11 is 0. The van der Waals surface area contributed by atoms with E-state index in [2.05, 4.69) is 0 Å². The molecule has 1 atom stereocenters. The van der Waals surface area contributed by atoms with Gasteiger partial charge in [0.25, 0.3) is 0 Å². The predicted molar refractivity (Wildman–Crippen MR) is 70.4 cm³/mol. The van der Waals surface area contributed by atoms with Crippen LogP contribution in [0.1, 0.15) is 0 Å². The van der Waals surface area contributed by atoms with Crippen molar-refractivity contribution in [2.75, 3.05) is 6.61 Å². The van der Waals surface area contributed by atoms with Crippen molar-refractivity contribution in [3.63, 3.8) is 0 Å². The number of aliphatic carboxylic acids is 1. The number of benzene rings is 2. The zero-order valence-electron chi connectivity index (χ0n) is 10.2. The van der Waals surface area contributed by atoms with Gasteiger partial charge in [-0.25, -0.2) is 4.79 Å². The van der Waals surface area contributed by atoms with Crippen molar-refractivity contribution in [2.45, 2.75) is 6.10 Å². The largest absolute Gasteiger partial charge is 0.489 e. The molecule has 0 amide bonds. The van der Waals surface area contributed by atoms with Crippen molar-refractivity contribution in [1.29, 1.82) is 0 Å². The summed E-state index contributed by atoms with van der Waals surface area (Å²) < 4.78 is 10.8. The van der Waals surface area contributed by atoms with Crippen molar-refractivity contribution >= 4 is 5.97 Å². The maximum absolute atomic E-state index is 11.1. The molecule has 1 unspecified atom stereocenters. The lowest BCUT2D eigenvalue weighted by atomic mass is 10.3. The van der Waals surface area contributed by atoms with Gasteiger partial charge in [-0.15, -0.1) is 0 Å². The normalized spacial score (nSPS) is 11.6. The van der Waals surface area contributed by atoms with Crippen LogP contribution in [0.4, 0.5) is 0 Å². The fourth-order valence-corrected chi connectivity index (χ4v) is 1.51. The van der Waals surface area contributed by atoms with E-state index in [1.165, 1.54) is 0 Å². The number of hydrogen-bond acceptors (Lipinski definition) is 3. The Morgan fingerprint density at radius 2 is 1.47 bits per heavy atom. The Bertz CT molecular complexity index is 510. The van der Waals surface area contributed by atoms with Gasteiger partial charge in [0, 0.05) is 0 Å². The number of ether oxygens (including phenoxy) is 2. The van der Waals surface area contributed by atoms with Crippen molar-refractivity contribution in [3.05, 3.63) is 60.7 Å². The summed E-state index contributed by atoms with van der Waals surface area (Å²) in [6.45, 7) is -0.0474. The Morgan fingerprint density at radius 1 is 0.947 bits per heavy atom. The van der Waals surface area contributed by atoms with E-state index >= 15 is 0 Å². The van der Waals surface area contributed by atoms with Crippen LogP contribution < -0.4 is 9.47 Å². The summed E-state index contributed by atoms with van der Waals surface area (Å²) in [5, 5.41) is 9.11. The summed E-state index contributed by atoms with van der Waals surface area (Å²) in [6.07, 6.45) is -1.04. The zero-order valence-corrected chi connectivity index (χ0v) is 10.2. The van der Waals surface area contributed by atoms with Gasteiger partial charge in [0.05, 0.1) is 0 Å². The molecular weight excluding hydrogens is 244 g/mol. The summed E-state index contributed by atoms with van der Waals surface area (Å²) in [5.41, 5.74) is 0. The second kappa shape index (κ2) is 6.44. The van der Waals surface area contributed by atoms with E-state index < -0.39 is 12.1 Å². The van der Waals surface area contributed by atoms with Crippen molar-refractivity contribution in [3.8, 4) is 11.5 Å². The van der Waals surface area contributed by atoms with Gasteiger partial charge in [-0.3, -0.25) is 0 Å². The van der Waals surface area contributed by atoms with Gasteiger partial charge in [-0.2, -0.15) is 0 Å². The molecule has 0 saturated carbocycles. The first-order chi connectivity index (χ1) is 9.25.